The molecule has 0 aromatic heterocycles. The maximum Gasteiger partial charge on any atom is 0.321 e. The monoisotopic (exact) mass is 337 g/mol. The van der Waals surface area contributed by atoms with E-state index in [0.29, 0.717) is 31.0 Å². The molecule has 0 aliphatic carbocycles. The van der Waals surface area contributed by atoms with Crippen LogP contribution in [-0.2, 0) is 16.4 Å². The molecule has 23 heavy (non-hydrogen) atoms. The van der Waals surface area contributed by atoms with Gasteiger partial charge in [-0.1, -0.05) is 12.8 Å². The van der Waals surface area contributed by atoms with Gasteiger partial charge in [0.2, 0.25) is 10.0 Å². The molecule has 0 saturated carbocycles. The molecule has 0 bridgehead atoms. The van der Waals surface area contributed by atoms with Crippen molar-refractivity contribution in [2.24, 2.45) is 0 Å². The van der Waals surface area contributed by atoms with Crippen molar-refractivity contribution in [3.05, 3.63) is 23.8 Å². The molecule has 6 nitrogen and oxygen atoms in total. The van der Waals surface area contributed by atoms with Crippen molar-refractivity contribution >= 4 is 21.7 Å². The molecular formula is C16H23N3O3S. The number of amides is 2. The first-order chi connectivity index (χ1) is 11.0. The van der Waals surface area contributed by atoms with Gasteiger partial charge in [0.15, 0.2) is 0 Å². The van der Waals surface area contributed by atoms with Crippen LogP contribution < -0.4 is 10.2 Å². The molecule has 2 heterocycles. The Morgan fingerprint density at radius 3 is 2.43 bits per heavy atom. The third kappa shape index (κ3) is 3.07. The van der Waals surface area contributed by atoms with Gasteiger partial charge < -0.3 is 5.32 Å². The fraction of sp³-hybridized carbons (Fsp3) is 0.562. The van der Waals surface area contributed by atoms with Crippen LogP contribution in [-0.4, -0.2) is 45.4 Å². The molecule has 7 heteroatoms. The minimum atomic E-state index is -3.44. The van der Waals surface area contributed by atoms with Gasteiger partial charge >= 0.3 is 6.03 Å². The van der Waals surface area contributed by atoms with Crippen molar-refractivity contribution in [2.45, 2.75) is 37.0 Å². The number of urea groups is 1. The van der Waals surface area contributed by atoms with Gasteiger partial charge in [0.1, 0.15) is 0 Å². The Morgan fingerprint density at radius 1 is 1.09 bits per heavy atom. The van der Waals surface area contributed by atoms with E-state index >= 15 is 0 Å². The standard InChI is InChI=1S/C16H23N3O3S/c1-17-16(20)19-11-8-13-12-14(6-7-15(13)19)23(21,22)18-9-4-2-3-5-10-18/h6-7,12H,2-5,8-11H2,1H3,(H,17,20). The predicted molar refractivity (Wildman–Crippen MR) is 89.2 cm³/mol. The van der Waals surface area contributed by atoms with E-state index in [-0.39, 0.29) is 6.03 Å². The van der Waals surface area contributed by atoms with E-state index in [4.69, 9.17) is 0 Å². The topological polar surface area (TPSA) is 69.7 Å². The Hall–Kier alpha value is -1.60. The van der Waals surface area contributed by atoms with Gasteiger partial charge in [-0.2, -0.15) is 4.31 Å². The maximum absolute atomic E-state index is 12.8. The van der Waals surface area contributed by atoms with Crippen LogP contribution >= 0.6 is 0 Å². The average Bonchev–Trinajstić information content (AvgIpc) is 2.78. The number of anilines is 1. The van der Waals surface area contributed by atoms with Gasteiger partial charge in [-0.3, -0.25) is 4.90 Å². The number of hydrogen-bond donors (Lipinski definition) is 1. The van der Waals surface area contributed by atoms with Crippen molar-refractivity contribution in [1.29, 1.82) is 0 Å². The minimum absolute atomic E-state index is 0.160. The van der Waals surface area contributed by atoms with Gasteiger partial charge in [0, 0.05) is 32.4 Å². The highest BCUT2D eigenvalue weighted by Crippen LogP contribution is 2.31. The Labute approximate surface area is 137 Å². The minimum Gasteiger partial charge on any atom is -0.341 e. The van der Waals surface area contributed by atoms with E-state index in [1.807, 2.05) is 0 Å². The highest BCUT2D eigenvalue weighted by atomic mass is 32.2. The van der Waals surface area contributed by atoms with E-state index in [9.17, 15) is 13.2 Å². The Balaban J connectivity index is 1.88. The number of benzene rings is 1. The molecule has 1 aromatic carbocycles. The first-order valence-electron chi connectivity index (χ1n) is 8.16. The van der Waals surface area contributed by atoms with Crippen molar-refractivity contribution in [2.75, 3.05) is 31.6 Å². The first-order valence-corrected chi connectivity index (χ1v) is 9.60. The molecule has 3 rings (SSSR count). The zero-order valence-electron chi connectivity index (χ0n) is 13.4. The SMILES string of the molecule is CNC(=O)N1CCc2cc(S(=O)(=O)N3CCCCCC3)ccc21. The summed E-state index contributed by atoms with van der Waals surface area (Å²) < 4.78 is 27.3. The number of carbonyl (C=O) groups excluding carboxylic acids is 1. The smallest absolute Gasteiger partial charge is 0.321 e. The summed E-state index contributed by atoms with van der Waals surface area (Å²) in [6.07, 6.45) is 4.73. The molecule has 1 saturated heterocycles. The van der Waals surface area contributed by atoms with E-state index in [1.165, 1.54) is 0 Å². The lowest BCUT2D eigenvalue weighted by molar-refractivity contribution is 0.248. The normalized spacial score (nSPS) is 19.3. The highest BCUT2D eigenvalue weighted by molar-refractivity contribution is 7.89. The van der Waals surface area contributed by atoms with Crippen LogP contribution in [0.3, 0.4) is 0 Å². The van der Waals surface area contributed by atoms with Crippen molar-refractivity contribution < 1.29 is 13.2 Å². The van der Waals surface area contributed by atoms with Crippen molar-refractivity contribution in [3.8, 4) is 0 Å². The van der Waals surface area contributed by atoms with Crippen LogP contribution in [0.1, 0.15) is 31.2 Å². The molecular weight excluding hydrogens is 314 g/mol. The second-order valence-corrected chi connectivity index (χ2v) is 8.00. The number of sulfonamides is 1. The van der Waals surface area contributed by atoms with Gasteiger partial charge in [-0.15, -0.1) is 0 Å². The van der Waals surface area contributed by atoms with Gasteiger partial charge in [0.05, 0.1) is 4.90 Å². The lowest BCUT2D eigenvalue weighted by Gasteiger charge is -2.21. The second-order valence-electron chi connectivity index (χ2n) is 6.07. The molecule has 1 fully saturated rings. The summed E-state index contributed by atoms with van der Waals surface area (Å²) >= 11 is 0. The van der Waals surface area contributed by atoms with E-state index in [2.05, 4.69) is 5.32 Å². The van der Waals surface area contributed by atoms with Crippen LogP contribution in [0.4, 0.5) is 10.5 Å². The summed E-state index contributed by atoms with van der Waals surface area (Å²) in [5.41, 5.74) is 1.73. The van der Waals surface area contributed by atoms with E-state index in [0.717, 1.165) is 36.9 Å². The lowest BCUT2D eigenvalue weighted by atomic mass is 10.2. The molecule has 2 aliphatic heterocycles. The fourth-order valence-corrected chi connectivity index (χ4v) is 4.88. The summed E-state index contributed by atoms with van der Waals surface area (Å²) in [5, 5.41) is 2.61. The van der Waals surface area contributed by atoms with Crippen LogP contribution in [0.15, 0.2) is 23.1 Å². The van der Waals surface area contributed by atoms with Crippen LogP contribution in [0.25, 0.3) is 0 Å². The Bertz CT molecular complexity index is 695. The molecule has 0 spiro atoms. The van der Waals surface area contributed by atoms with E-state index in [1.54, 1.807) is 34.5 Å². The zero-order chi connectivity index (χ0) is 16.4. The quantitative estimate of drug-likeness (QED) is 0.897. The summed E-state index contributed by atoms with van der Waals surface area (Å²) in [6, 6.07) is 4.95. The first kappa shape index (κ1) is 16.3. The number of nitrogens with zero attached hydrogens (tertiary/aromatic N) is 2. The number of fused-ring (bicyclic) bond motifs is 1. The number of carbonyl (C=O) groups is 1. The Kier molecular flexibility index (Phi) is 4.59. The molecule has 126 valence electrons. The molecule has 2 amide bonds. The van der Waals surface area contributed by atoms with Gasteiger partial charge in [0.25, 0.3) is 0 Å². The lowest BCUT2D eigenvalue weighted by Crippen LogP contribution is -2.36. The molecule has 0 atom stereocenters. The Morgan fingerprint density at radius 2 is 1.78 bits per heavy atom. The predicted octanol–water partition coefficient (Wildman–Crippen LogP) is 1.95. The molecule has 1 N–H and O–H groups in total. The zero-order valence-corrected chi connectivity index (χ0v) is 14.2. The van der Waals surface area contributed by atoms with E-state index < -0.39 is 10.0 Å². The van der Waals surface area contributed by atoms with Crippen molar-refractivity contribution in [1.82, 2.24) is 9.62 Å². The molecule has 1 aromatic rings. The van der Waals surface area contributed by atoms with Crippen LogP contribution in [0.2, 0.25) is 0 Å². The third-order valence-electron chi connectivity index (χ3n) is 4.61. The number of hydrogen-bond acceptors (Lipinski definition) is 3. The summed E-state index contributed by atoms with van der Waals surface area (Å²) in [5.74, 6) is 0. The van der Waals surface area contributed by atoms with Crippen LogP contribution in [0, 0.1) is 0 Å². The summed E-state index contributed by atoms with van der Waals surface area (Å²) in [4.78, 5) is 13.8. The fourth-order valence-electron chi connectivity index (χ4n) is 3.32. The maximum atomic E-state index is 12.8. The number of rotatable bonds is 2. The average molecular weight is 337 g/mol. The summed E-state index contributed by atoms with van der Waals surface area (Å²) in [6.45, 7) is 1.79. The molecule has 2 aliphatic rings. The van der Waals surface area contributed by atoms with Crippen LogP contribution in [0.5, 0.6) is 0 Å². The number of nitrogens with one attached hydrogen (secondary N) is 1. The molecule has 0 unspecified atom stereocenters. The second kappa shape index (κ2) is 6.49. The van der Waals surface area contributed by atoms with Gasteiger partial charge in [-0.05, 0) is 43.0 Å². The van der Waals surface area contributed by atoms with Gasteiger partial charge in [-0.25, -0.2) is 13.2 Å². The largest absolute Gasteiger partial charge is 0.341 e. The highest BCUT2D eigenvalue weighted by Gasteiger charge is 2.29. The summed E-state index contributed by atoms with van der Waals surface area (Å²) in [7, 11) is -1.84. The molecule has 0 radical (unpaired) electrons. The van der Waals surface area contributed by atoms with Crippen molar-refractivity contribution in [3.63, 3.8) is 0 Å². The third-order valence-corrected chi connectivity index (χ3v) is 6.50.